The van der Waals surface area contributed by atoms with Crippen LogP contribution in [0.5, 0.6) is 5.88 Å². The Balaban J connectivity index is 1.91. The number of nitrogens with zero attached hydrogens (tertiary/aromatic N) is 1. The molecule has 0 spiro atoms. The molecule has 5 nitrogen and oxygen atoms in total. The monoisotopic (exact) mass is 331 g/mol. The number of rotatable bonds is 5. The summed E-state index contributed by atoms with van der Waals surface area (Å²) >= 11 is 0. The van der Waals surface area contributed by atoms with Crippen molar-refractivity contribution in [3.05, 3.63) is 23.9 Å². The van der Waals surface area contributed by atoms with Crippen molar-refractivity contribution in [1.82, 2.24) is 10.3 Å². The van der Waals surface area contributed by atoms with Crippen LogP contribution in [0, 0.1) is 5.92 Å². The van der Waals surface area contributed by atoms with E-state index in [1.165, 1.54) is 6.20 Å². The van der Waals surface area contributed by atoms with E-state index in [9.17, 15) is 18.0 Å². The molecule has 1 aromatic heterocycles. The van der Waals surface area contributed by atoms with Crippen LogP contribution in [0.15, 0.2) is 18.3 Å². The number of pyridine rings is 1. The fraction of sp³-hybridized carbons (Fsp3) is 0.600. The first-order valence-corrected chi connectivity index (χ1v) is 7.52. The van der Waals surface area contributed by atoms with Crippen LogP contribution in [0.3, 0.4) is 0 Å². The Kier molecular flexibility index (Phi) is 5.81. The van der Waals surface area contributed by atoms with Crippen molar-refractivity contribution < 1.29 is 22.7 Å². The molecule has 2 atom stereocenters. The van der Waals surface area contributed by atoms with Gasteiger partial charge in [0.2, 0.25) is 11.8 Å². The Hall–Kier alpha value is -1.83. The van der Waals surface area contributed by atoms with Crippen LogP contribution in [0.2, 0.25) is 0 Å². The molecule has 8 heteroatoms. The zero-order valence-corrected chi connectivity index (χ0v) is 12.6. The summed E-state index contributed by atoms with van der Waals surface area (Å²) < 4.78 is 41.4. The predicted molar refractivity (Wildman–Crippen MR) is 77.6 cm³/mol. The Morgan fingerprint density at radius 1 is 1.43 bits per heavy atom. The molecular weight excluding hydrogens is 311 g/mol. The summed E-state index contributed by atoms with van der Waals surface area (Å²) in [7, 11) is 0. The van der Waals surface area contributed by atoms with Gasteiger partial charge in [-0.1, -0.05) is 12.5 Å². The molecule has 1 aromatic rings. The largest absolute Gasteiger partial charge is 0.468 e. The second-order valence-electron chi connectivity index (χ2n) is 5.71. The highest BCUT2D eigenvalue weighted by Crippen LogP contribution is 2.24. The molecule has 1 amide bonds. The van der Waals surface area contributed by atoms with E-state index in [-0.39, 0.29) is 30.3 Å². The van der Waals surface area contributed by atoms with Gasteiger partial charge in [0.25, 0.3) is 0 Å². The van der Waals surface area contributed by atoms with Crippen LogP contribution < -0.4 is 15.8 Å². The molecule has 0 saturated heterocycles. The van der Waals surface area contributed by atoms with Gasteiger partial charge in [-0.2, -0.15) is 13.2 Å². The SMILES string of the molecule is NC1CCCC(C(=O)NCc2cccnc2OCC(F)(F)F)C1. The summed E-state index contributed by atoms with van der Waals surface area (Å²) in [5.74, 6) is -0.397. The normalized spacial score (nSPS) is 21.7. The maximum Gasteiger partial charge on any atom is 0.422 e. The minimum absolute atomic E-state index is 0.0311. The number of hydrogen-bond donors (Lipinski definition) is 2. The van der Waals surface area contributed by atoms with Crippen molar-refractivity contribution in [1.29, 1.82) is 0 Å². The van der Waals surface area contributed by atoms with Crippen LogP contribution in [-0.2, 0) is 11.3 Å². The van der Waals surface area contributed by atoms with Crippen LogP contribution in [0.25, 0.3) is 0 Å². The number of carbonyl (C=O) groups is 1. The van der Waals surface area contributed by atoms with E-state index < -0.39 is 12.8 Å². The summed E-state index contributed by atoms with van der Waals surface area (Å²) in [5.41, 5.74) is 6.27. The number of aromatic nitrogens is 1. The lowest BCUT2D eigenvalue weighted by Crippen LogP contribution is -2.37. The third-order valence-corrected chi connectivity index (χ3v) is 3.76. The van der Waals surface area contributed by atoms with E-state index in [0.717, 1.165) is 19.3 Å². The summed E-state index contributed by atoms with van der Waals surface area (Å²) in [6, 6.07) is 3.19. The maximum atomic E-state index is 12.2. The Labute approximate surface area is 132 Å². The van der Waals surface area contributed by atoms with E-state index in [0.29, 0.717) is 12.0 Å². The van der Waals surface area contributed by atoms with E-state index in [1.807, 2.05) is 0 Å². The second kappa shape index (κ2) is 7.63. The summed E-state index contributed by atoms with van der Waals surface area (Å²) in [6.45, 7) is -1.34. The van der Waals surface area contributed by atoms with Gasteiger partial charge in [-0.05, 0) is 25.3 Å². The fourth-order valence-corrected chi connectivity index (χ4v) is 2.63. The van der Waals surface area contributed by atoms with Gasteiger partial charge in [0.05, 0.1) is 0 Å². The van der Waals surface area contributed by atoms with Gasteiger partial charge in [-0.25, -0.2) is 4.98 Å². The lowest BCUT2D eigenvalue weighted by Gasteiger charge is -2.25. The van der Waals surface area contributed by atoms with Crippen molar-refractivity contribution in [3.8, 4) is 5.88 Å². The smallest absolute Gasteiger partial charge is 0.422 e. The number of ether oxygens (including phenoxy) is 1. The highest BCUT2D eigenvalue weighted by molar-refractivity contribution is 5.78. The number of nitrogens with one attached hydrogen (secondary N) is 1. The quantitative estimate of drug-likeness (QED) is 0.867. The molecule has 0 aromatic carbocycles. The van der Waals surface area contributed by atoms with E-state index >= 15 is 0 Å². The average molecular weight is 331 g/mol. The van der Waals surface area contributed by atoms with Crippen LogP contribution in [-0.4, -0.2) is 29.7 Å². The average Bonchev–Trinajstić information content (AvgIpc) is 2.50. The number of halogens is 3. The van der Waals surface area contributed by atoms with Gasteiger partial charge in [-0.15, -0.1) is 0 Å². The molecule has 0 bridgehead atoms. The molecule has 2 unspecified atom stereocenters. The minimum Gasteiger partial charge on any atom is -0.468 e. The van der Waals surface area contributed by atoms with Crippen LogP contribution >= 0.6 is 0 Å². The van der Waals surface area contributed by atoms with Crippen molar-refractivity contribution in [2.75, 3.05) is 6.61 Å². The Bertz CT molecular complexity index is 537. The highest BCUT2D eigenvalue weighted by Gasteiger charge is 2.29. The minimum atomic E-state index is -4.43. The van der Waals surface area contributed by atoms with E-state index in [2.05, 4.69) is 15.0 Å². The topological polar surface area (TPSA) is 77.2 Å². The second-order valence-corrected chi connectivity index (χ2v) is 5.71. The van der Waals surface area contributed by atoms with Gasteiger partial charge in [0.1, 0.15) is 0 Å². The molecule has 23 heavy (non-hydrogen) atoms. The first kappa shape index (κ1) is 17.5. The maximum absolute atomic E-state index is 12.2. The highest BCUT2D eigenvalue weighted by atomic mass is 19.4. The summed E-state index contributed by atoms with van der Waals surface area (Å²) in [5, 5.41) is 2.73. The molecule has 1 heterocycles. The van der Waals surface area contributed by atoms with Crippen LogP contribution in [0.4, 0.5) is 13.2 Å². The van der Waals surface area contributed by atoms with Gasteiger partial charge < -0.3 is 15.8 Å². The fourth-order valence-electron chi connectivity index (χ4n) is 2.63. The Morgan fingerprint density at radius 3 is 2.91 bits per heavy atom. The third kappa shape index (κ3) is 5.70. The van der Waals surface area contributed by atoms with Crippen molar-refractivity contribution in [3.63, 3.8) is 0 Å². The zero-order valence-electron chi connectivity index (χ0n) is 12.6. The number of carbonyl (C=O) groups excluding carboxylic acids is 1. The first-order chi connectivity index (χ1) is 10.8. The molecule has 1 fully saturated rings. The molecule has 128 valence electrons. The number of alkyl halides is 3. The number of nitrogens with two attached hydrogens (primary N) is 1. The standard InChI is InChI=1S/C15H20F3N3O2/c16-15(17,18)9-23-14-11(4-2-6-20-14)8-21-13(22)10-3-1-5-12(19)7-10/h2,4,6,10,12H,1,3,5,7-9,19H2,(H,21,22). The molecule has 0 aliphatic heterocycles. The molecule has 0 radical (unpaired) electrons. The van der Waals surface area contributed by atoms with Crippen molar-refractivity contribution in [2.24, 2.45) is 11.7 Å². The molecule has 1 aliphatic rings. The predicted octanol–water partition coefficient (Wildman–Crippen LogP) is 2.16. The molecule has 1 saturated carbocycles. The van der Waals surface area contributed by atoms with E-state index in [4.69, 9.17) is 5.73 Å². The summed E-state index contributed by atoms with van der Waals surface area (Å²) in [6.07, 6.45) is 0.154. The molecule has 2 rings (SSSR count). The lowest BCUT2D eigenvalue weighted by atomic mass is 9.85. The van der Waals surface area contributed by atoms with Gasteiger partial charge in [0, 0.05) is 30.3 Å². The lowest BCUT2D eigenvalue weighted by molar-refractivity contribution is -0.154. The zero-order chi connectivity index (χ0) is 16.9. The van der Waals surface area contributed by atoms with Crippen LogP contribution in [0.1, 0.15) is 31.2 Å². The number of amides is 1. The van der Waals surface area contributed by atoms with Gasteiger partial charge in [-0.3, -0.25) is 4.79 Å². The molecule has 1 aliphatic carbocycles. The van der Waals surface area contributed by atoms with Gasteiger partial charge >= 0.3 is 6.18 Å². The molecule has 3 N–H and O–H groups in total. The third-order valence-electron chi connectivity index (χ3n) is 3.76. The van der Waals surface area contributed by atoms with Crippen molar-refractivity contribution >= 4 is 5.91 Å². The van der Waals surface area contributed by atoms with Gasteiger partial charge in [0.15, 0.2) is 6.61 Å². The van der Waals surface area contributed by atoms with Crippen molar-refractivity contribution in [2.45, 2.75) is 44.4 Å². The number of hydrogen-bond acceptors (Lipinski definition) is 4. The summed E-state index contributed by atoms with van der Waals surface area (Å²) in [4.78, 5) is 15.9. The first-order valence-electron chi connectivity index (χ1n) is 7.52. The van der Waals surface area contributed by atoms with E-state index in [1.54, 1.807) is 12.1 Å². The Morgan fingerprint density at radius 2 is 2.22 bits per heavy atom. The molecular formula is C15H20F3N3O2.